The number of aromatic hydroxyl groups is 1. The molecule has 2 aromatic rings. The molecule has 2 rings (SSSR count). The third-order valence-corrected chi connectivity index (χ3v) is 4.09. The minimum Gasteiger partial charge on any atom is -0.508 e. The first-order chi connectivity index (χ1) is 9.52. The minimum atomic E-state index is -0.0639. The summed E-state index contributed by atoms with van der Waals surface area (Å²) in [5.41, 5.74) is 1.51. The Bertz CT molecular complexity index is 616. The van der Waals surface area contributed by atoms with Crippen LogP contribution in [0.5, 0.6) is 5.75 Å². The van der Waals surface area contributed by atoms with Gasteiger partial charge in [-0.05, 0) is 24.6 Å². The maximum atomic E-state index is 9.94. The van der Waals surface area contributed by atoms with Gasteiger partial charge in [-0.2, -0.15) is 0 Å². The molecule has 0 spiro atoms. The lowest BCUT2D eigenvalue weighted by molar-refractivity contribution is 0.463. The summed E-state index contributed by atoms with van der Waals surface area (Å²) in [6.07, 6.45) is 0.786. The summed E-state index contributed by atoms with van der Waals surface area (Å²) < 4.78 is 0. The van der Waals surface area contributed by atoms with Gasteiger partial charge in [-0.1, -0.05) is 59.9 Å². The number of rotatable bonds is 4. The molecule has 0 amide bonds. The standard InChI is InChI=1S/C15H14Cl3NO/c1-2-13(9-5-3-4-6-15(9)20)19-14-8-11(17)10(16)7-12(14)18/h3-8,13,19-20H,2H2,1H3. The summed E-state index contributed by atoms with van der Waals surface area (Å²) >= 11 is 18.1. The molecule has 0 radical (unpaired) electrons. The van der Waals surface area contributed by atoms with Gasteiger partial charge in [0.2, 0.25) is 0 Å². The number of phenols is 1. The van der Waals surface area contributed by atoms with Crippen LogP contribution < -0.4 is 5.32 Å². The highest BCUT2D eigenvalue weighted by Crippen LogP contribution is 2.36. The van der Waals surface area contributed by atoms with Crippen molar-refractivity contribution in [1.82, 2.24) is 0 Å². The van der Waals surface area contributed by atoms with Crippen LogP contribution in [0.25, 0.3) is 0 Å². The summed E-state index contributed by atoms with van der Waals surface area (Å²) in [4.78, 5) is 0. The molecule has 5 heteroatoms. The smallest absolute Gasteiger partial charge is 0.120 e. The van der Waals surface area contributed by atoms with Crippen LogP contribution in [0.2, 0.25) is 15.1 Å². The normalized spacial score (nSPS) is 12.2. The van der Waals surface area contributed by atoms with Gasteiger partial charge in [0, 0.05) is 5.56 Å². The molecule has 0 bridgehead atoms. The van der Waals surface area contributed by atoms with Crippen molar-refractivity contribution in [3.8, 4) is 5.75 Å². The third kappa shape index (κ3) is 3.32. The van der Waals surface area contributed by atoms with Crippen molar-refractivity contribution >= 4 is 40.5 Å². The molecule has 0 aliphatic heterocycles. The van der Waals surface area contributed by atoms with Crippen molar-refractivity contribution in [3.63, 3.8) is 0 Å². The Balaban J connectivity index is 2.32. The van der Waals surface area contributed by atoms with Crippen LogP contribution in [-0.2, 0) is 0 Å². The number of hydrogen-bond donors (Lipinski definition) is 2. The maximum absolute atomic E-state index is 9.94. The molecule has 0 heterocycles. The van der Waals surface area contributed by atoms with Gasteiger partial charge in [-0.3, -0.25) is 0 Å². The number of nitrogens with one attached hydrogen (secondary N) is 1. The molecule has 0 aliphatic carbocycles. The van der Waals surface area contributed by atoms with E-state index in [1.54, 1.807) is 24.3 Å². The van der Waals surface area contributed by atoms with Crippen molar-refractivity contribution in [2.75, 3.05) is 5.32 Å². The first-order valence-electron chi connectivity index (χ1n) is 6.22. The highest BCUT2D eigenvalue weighted by Gasteiger charge is 2.15. The SMILES string of the molecule is CCC(Nc1cc(Cl)c(Cl)cc1Cl)c1ccccc1O. The van der Waals surface area contributed by atoms with Crippen molar-refractivity contribution < 1.29 is 5.11 Å². The van der Waals surface area contributed by atoms with Crippen LogP contribution in [0.3, 0.4) is 0 Å². The van der Waals surface area contributed by atoms with E-state index in [1.165, 1.54) is 0 Å². The minimum absolute atomic E-state index is 0.0639. The lowest BCUT2D eigenvalue weighted by Gasteiger charge is -2.21. The van der Waals surface area contributed by atoms with Gasteiger partial charge in [0.15, 0.2) is 0 Å². The third-order valence-electron chi connectivity index (χ3n) is 3.06. The lowest BCUT2D eigenvalue weighted by atomic mass is 10.0. The van der Waals surface area contributed by atoms with Crippen LogP contribution >= 0.6 is 34.8 Å². The van der Waals surface area contributed by atoms with Crippen LogP contribution in [-0.4, -0.2) is 5.11 Å². The summed E-state index contributed by atoms with van der Waals surface area (Å²) in [6.45, 7) is 2.02. The Morgan fingerprint density at radius 3 is 2.35 bits per heavy atom. The van der Waals surface area contributed by atoms with Crippen LogP contribution in [0, 0.1) is 0 Å². The first kappa shape index (κ1) is 15.3. The van der Waals surface area contributed by atoms with Gasteiger partial charge in [-0.25, -0.2) is 0 Å². The van der Waals surface area contributed by atoms with E-state index in [1.807, 2.05) is 19.1 Å². The highest BCUT2D eigenvalue weighted by atomic mass is 35.5. The molecule has 2 nitrogen and oxygen atoms in total. The Hall–Kier alpha value is -1.09. The van der Waals surface area contributed by atoms with Crippen molar-refractivity contribution in [2.45, 2.75) is 19.4 Å². The quantitative estimate of drug-likeness (QED) is 0.682. The van der Waals surface area contributed by atoms with E-state index in [2.05, 4.69) is 5.32 Å². The molecular weight excluding hydrogens is 317 g/mol. The van der Waals surface area contributed by atoms with Gasteiger partial charge >= 0.3 is 0 Å². The second kappa shape index (κ2) is 6.57. The van der Waals surface area contributed by atoms with Gasteiger partial charge < -0.3 is 10.4 Å². The van der Waals surface area contributed by atoms with E-state index in [0.717, 1.165) is 12.0 Å². The lowest BCUT2D eigenvalue weighted by Crippen LogP contribution is -2.10. The van der Waals surface area contributed by atoms with Gasteiger partial charge in [0.05, 0.1) is 26.8 Å². The molecule has 106 valence electrons. The van der Waals surface area contributed by atoms with E-state index < -0.39 is 0 Å². The van der Waals surface area contributed by atoms with E-state index in [0.29, 0.717) is 20.8 Å². The molecule has 0 saturated carbocycles. The summed E-state index contributed by atoms with van der Waals surface area (Å²) in [6, 6.07) is 10.4. The van der Waals surface area contributed by atoms with Gasteiger partial charge in [0.25, 0.3) is 0 Å². The Kier molecular flexibility index (Phi) is 5.03. The predicted molar refractivity (Wildman–Crippen MR) is 86.2 cm³/mol. The van der Waals surface area contributed by atoms with Crippen molar-refractivity contribution in [2.24, 2.45) is 0 Å². The molecule has 1 unspecified atom stereocenters. The molecule has 0 aromatic heterocycles. The second-order valence-electron chi connectivity index (χ2n) is 4.41. The van der Waals surface area contributed by atoms with Gasteiger partial charge in [0.1, 0.15) is 5.75 Å². The number of halogens is 3. The topological polar surface area (TPSA) is 32.3 Å². The molecular formula is C15H14Cl3NO. The largest absolute Gasteiger partial charge is 0.508 e. The number of benzene rings is 2. The van der Waals surface area contributed by atoms with Crippen LogP contribution in [0.15, 0.2) is 36.4 Å². The number of phenolic OH excluding ortho intramolecular Hbond substituents is 1. The van der Waals surface area contributed by atoms with E-state index in [9.17, 15) is 5.11 Å². The first-order valence-corrected chi connectivity index (χ1v) is 7.35. The van der Waals surface area contributed by atoms with Crippen LogP contribution in [0.4, 0.5) is 5.69 Å². The predicted octanol–water partition coefficient (Wildman–Crippen LogP) is 5.92. The molecule has 0 saturated heterocycles. The van der Waals surface area contributed by atoms with Crippen LogP contribution in [0.1, 0.15) is 24.9 Å². The molecule has 0 fully saturated rings. The molecule has 20 heavy (non-hydrogen) atoms. The Morgan fingerprint density at radius 1 is 1.05 bits per heavy atom. The fraction of sp³-hybridized carbons (Fsp3) is 0.200. The molecule has 2 N–H and O–H groups in total. The van der Waals surface area contributed by atoms with Crippen molar-refractivity contribution in [1.29, 1.82) is 0 Å². The summed E-state index contributed by atoms with van der Waals surface area (Å²) in [5.74, 6) is 0.253. The molecule has 0 aliphatic rings. The second-order valence-corrected chi connectivity index (χ2v) is 5.63. The summed E-state index contributed by atoms with van der Waals surface area (Å²) in [7, 11) is 0. The van der Waals surface area contributed by atoms with Crippen molar-refractivity contribution in [3.05, 3.63) is 57.0 Å². The maximum Gasteiger partial charge on any atom is 0.120 e. The van der Waals surface area contributed by atoms with Gasteiger partial charge in [-0.15, -0.1) is 0 Å². The zero-order valence-corrected chi connectivity index (χ0v) is 13.1. The highest BCUT2D eigenvalue weighted by molar-refractivity contribution is 6.44. The zero-order valence-electron chi connectivity index (χ0n) is 10.8. The average Bonchev–Trinajstić information content (AvgIpc) is 2.42. The average molecular weight is 331 g/mol. The fourth-order valence-corrected chi connectivity index (χ4v) is 2.60. The number of anilines is 1. The summed E-state index contributed by atoms with van der Waals surface area (Å²) in [5, 5.41) is 14.6. The van der Waals surface area contributed by atoms with E-state index >= 15 is 0 Å². The molecule has 2 aromatic carbocycles. The monoisotopic (exact) mass is 329 g/mol. The Morgan fingerprint density at radius 2 is 1.70 bits per heavy atom. The Labute approximate surface area is 133 Å². The van der Waals surface area contributed by atoms with E-state index in [4.69, 9.17) is 34.8 Å². The number of hydrogen-bond acceptors (Lipinski definition) is 2. The zero-order chi connectivity index (χ0) is 14.7. The molecule has 1 atom stereocenters. The van der Waals surface area contributed by atoms with E-state index in [-0.39, 0.29) is 11.8 Å². The fourth-order valence-electron chi connectivity index (χ4n) is 2.00. The number of para-hydroxylation sites is 1.